The predicted molar refractivity (Wildman–Crippen MR) is 69.6 cm³/mol. The smallest absolute Gasteiger partial charge is 0.358 e. The molecule has 0 unspecified atom stereocenters. The molecule has 0 fully saturated rings. The fourth-order valence-electron chi connectivity index (χ4n) is 1.69. The summed E-state index contributed by atoms with van der Waals surface area (Å²) in [6, 6.07) is 1.78. The summed E-state index contributed by atoms with van der Waals surface area (Å²) >= 11 is 5.62. The van der Waals surface area contributed by atoms with Crippen LogP contribution in [0.3, 0.4) is 0 Å². The monoisotopic (exact) mass is 300 g/mol. The van der Waals surface area contributed by atoms with Crippen LogP contribution in [0, 0.1) is 18.6 Å². The van der Waals surface area contributed by atoms with E-state index >= 15 is 0 Å². The van der Waals surface area contributed by atoms with Gasteiger partial charge in [0, 0.05) is 11.8 Å². The minimum Gasteiger partial charge on any atom is -0.461 e. The van der Waals surface area contributed by atoms with Gasteiger partial charge in [-0.1, -0.05) is 11.6 Å². The molecule has 2 rings (SSSR count). The van der Waals surface area contributed by atoms with Crippen molar-refractivity contribution in [1.29, 1.82) is 0 Å². The highest BCUT2D eigenvalue weighted by atomic mass is 35.5. The number of hydrogen-bond acceptors (Lipinski definition) is 3. The quantitative estimate of drug-likeness (QED) is 0.697. The summed E-state index contributed by atoms with van der Waals surface area (Å²) in [7, 11) is 0. The summed E-state index contributed by atoms with van der Waals surface area (Å²) in [4.78, 5) is 18.4. The van der Waals surface area contributed by atoms with Crippen LogP contribution in [-0.4, -0.2) is 22.5 Å². The van der Waals surface area contributed by atoms with Gasteiger partial charge in [0.05, 0.1) is 17.2 Å². The van der Waals surface area contributed by atoms with E-state index in [4.69, 9.17) is 16.3 Å². The molecule has 0 saturated heterocycles. The molecule has 0 aliphatic rings. The number of ether oxygens (including phenoxy) is 1. The third-order valence-electron chi connectivity index (χ3n) is 2.62. The number of benzene rings is 1. The predicted octanol–water partition coefficient (Wildman–Crippen LogP) is 3.49. The lowest BCUT2D eigenvalue weighted by Crippen LogP contribution is -2.06. The van der Waals surface area contributed by atoms with E-state index in [-0.39, 0.29) is 28.7 Å². The SMILES string of the molecule is CCOC(=O)c1nc(-c2cc(Cl)c(F)cc2F)[nH]c1C. The third kappa shape index (κ3) is 2.65. The first kappa shape index (κ1) is 14.5. The van der Waals surface area contributed by atoms with E-state index in [1.807, 2.05) is 0 Å². The molecule has 7 heteroatoms. The van der Waals surface area contributed by atoms with Gasteiger partial charge in [0.15, 0.2) is 5.69 Å². The normalized spacial score (nSPS) is 10.7. The number of H-pyrrole nitrogens is 1. The number of aromatic amines is 1. The first-order chi connectivity index (χ1) is 9.43. The average molecular weight is 301 g/mol. The largest absolute Gasteiger partial charge is 0.461 e. The molecule has 0 saturated carbocycles. The highest BCUT2D eigenvalue weighted by Gasteiger charge is 2.19. The highest BCUT2D eigenvalue weighted by Crippen LogP contribution is 2.27. The zero-order chi connectivity index (χ0) is 14.9. The van der Waals surface area contributed by atoms with Gasteiger partial charge >= 0.3 is 5.97 Å². The van der Waals surface area contributed by atoms with Gasteiger partial charge in [-0.15, -0.1) is 0 Å². The molecule has 0 radical (unpaired) electrons. The second kappa shape index (κ2) is 5.58. The van der Waals surface area contributed by atoms with Crippen LogP contribution < -0.4 is 0 Å². The number of aryl methyl sites for hydroxylation is 1. The van der Waals surface area contributed by atoms with Crippen LogP contribution in [0.15, 0.2) is 12.1 Å². The van der Waals surface area contributed by atoms with Gasteiger partial charge in [0.2, 0.25) is 0 Å². The molecule has 0 aliphatic carbocycles. The fraction of sp³-hybridized carbons (Fsp3) is 0.231. The molecule has 0 atom stereocenters. The second-order valence-electron chi connectivity index (χ2n) is 4.03. The summed E-state index contributed by atoms with van der Waals surface area (Å²) in [5.41, 5.74) is 0.468. The summed E-state index contributed by atoms with van der Waals surface area (Å²) in [6.07, 6.45) is 0. The Morgan fingerprint density at radius 1 is 1.40 bits per heavy atom. The first-order valence-corrected chi connectivity index (χ1v) is 6.20. The maximum atomic E-state index is 13.7. The Morgan fingerprint density at radius 2 is 2.10 bits per heavy atom. The Balaban J connectivity index is 2.47. The van der Waals surface area contributed by atoms with Crippen LogP contribution in [0.5, 0.6) is 0 Å². The number of imidazole rings is 1. The van der Waals surface area contributed by atoms with Gasteiger partial charge in [-0.3, -0.25) is 0 Å². The molecule has 1 heterocycles. The van der Waals surface area contributed by atoms with Crippen molar-refractivity contribution in [3.63, 3.8) is 0 Å². The molecule has 1 aromatic heterocycles. The maximum Gasteiger partial charge on any atom is 0.358 e. The minimum absolute atomic E-state index is 0.0185. The second-order valence-corrected chi connectivity index (χ2v) is 4.43. The van der Waals surface area contributed by atoms with E-state index in [9.17, 15) is 13.6 Å². The van der Waals surface area contributed by atoms with Crippen LogP contribution in [0.2, 0.25) is 5.02 Å². The van der Waals surface area contributed by atoms with E-state index in [1.165, 1.54) is 0 Å². The highest BCUT2D eigenvalue weighted by molar-refractivity contribution is 6.31. The van der Waals surface area contributed by atoms with E-state index in [2.05, 4.69) is 9.97 Å². The number of rotatable bonds is 3. The van der Waals surface area contributed by atoms with Crippen LogP contribution in [0.4, 0.5) is 8.78 Å². The Kier molecular flexibility index (Phi) is 4.04. The molecule has 0 aliphatic heterocycles. The topological polar surface area (TPSA) is 55.0 Å². The van der Waals surface area contributed by atoms with Crippen LogP contribution in [-0.2, 0) is 4.74 Å². The molecule has 0 amide bonds. The summed E-state index contributed by atoms with van der Waals surface area (Å²) in [6.45, 7) is 3.48. The van der Waals surface area contributed by atoms with Crippen molar-refractivity contribution in [1.82, 2.24) is 9.97 Å². The lowest BCUT2D eigenvalue weighted by Gasteiger charge is -2.01. The van der Waals surface area contributed by atoms with Gasteiger partial charge in [0.1, 0.15) is 17.5 Å². The fourth-order valence-corrected chi connectivity index (χ4v) is 1.85. The van der Waals surface area contributed by atoms with Gasteiger partial charge < -0.3 is 9.72 Å². The van der Waals surface area contributed by atoms with E-state index in [0.29, 0.717) is 11.8 Å². The molecule has 4 nitrogen and oxygen atoms in total. The number of aromatic nitrogens is 2. The Labute approximate surface area is 118 Å². The number of esters is 1. The number of nitrogens with zero attached hydrogens (tertiary/aromatic N) is 1. The Hall–Kier alpha value is -1.95. The number of halogens is 3. The van der Waals surface area contributed by atoms with Crippen molar-refractivity contribution in [2.24, 2.45) is 0 Å². The van der Waals surface area contributed by atoms with Crippen molar-refractivity contribution in [3.8, 4) is 11.4 Å². The standard InChI is InChI=1S/C13H11ClF2N2O2/c1-3-20-13(19)11-6(2)17-12(18-11)7-4-8(14)10(16)5-9(7)15/h4-5H,3H2,1-2H3,(H,17,18). The molecular weight excluding hydrogens is 290 g/mol. The van der Waals surface area contributed by atoms with Crippen LogP contribution in [0.25, 0.3) is 11.4 Å². The molecule has 1 N–H and O–H groups in total. The van der Waals surface area contributed by atoms with Gasteiger partial charge in [0.25, 0.3) is 0 Å². The molecule has 106 valence electrons. The zero-order valence-electron chi connectivity index (χ0n) is 10.8. The van der Waals surface area contributed by atoms with Crippen molar-refractivity contribution in [2.45, 2.75) is 13.8 Å². The molecule has 0 spiro atoms. The van der Waals surface area contributed by atoms with Gasteiger partial charge in [-0.2, -0.15) is 0 Å². The van der Waals surface area contributed by atoms with Crippen molar-refractivity contribution in [3.05, 3.63) is 40.2 Å². The lowest BCUT2D eigenvalue weighted by atomic mass is 10.2. The van der Waals surface area contributed by atoms with Crippen LogP contribution in [0.1, 0.15) is 23.1 Å². The minimum atomic E-state index is -0.859. The zero-order valence-corrected chi connectivity index (χ0v) is 11.5. The van der Waals surface area contributed by atoms with Gasteiger partial charge in [-0.05, 0) is 19.9 Å². The number of hydrogen-bond donors (Lipinski definition) is 1. The summed E-state index contributed by atoms with van der Waals surface area (Å²) in [5.74, 6) is -2.20. The van der Waals surface area contributed by atoms with Gasteiger partial charge in [-0.25, -0.2) is 18.6 Å². The molecule has 1 aromatic carbocycles. The van der Waals surface area contributed by atoms with Crippen molar-refractivity contribution >= 4 is 17.6 Å². The summed E-state index contributed by atoms with van der Waals surface area (Å²) < 4.78 is 31.7. The van der Waals surface area contributed by atoms with E-state index in [1.54, 1.807) is 13.8 Å². The Morgan fingerprint density at radius 3 is 2.75 bits per heavy atom. The van der Waals surface area contributed by atoms with E-state index in [0.717, 1.165) is 6.07 Å². The Bertz CT molecular complexity index is 671. The molecule has 0 bridgehead atoms. The average Bonchev–Trinajstić information content (AvgIpc) is 2.76. The third-order valence-corrected chi connectivity index (χ3v) is 2.91. The maximum absolute atomic E-state index is 13.7. The molecular formula is C13H11ClF2N2O2. The van der Waals surface area contributed by atoms with Crippen LogP contribution >= 0.6 is 11.6 Å². The van der Waals surface area contributed by atoms with E-state index < -0.39 is 17.6 Å². The molecule has 2 aromatic rings. The number of carbonyl (C=O) groups excluding carboxylic acids is 1. The number of carbonyl (C=O) groups is 1. The summed E-state index contributed by atoms with van der Waals surface area (Å²) in [5, 5.41) is -0.229. The van der Waals surface area contributed by atoms with Crippen molar-refractivity contribution in [2.75, 3.05) is 6.61 Å². The number of nitrogens with one attached hydrogen (secondary N) is 1. The first-order valence-electron chi connectivity index (χ1n) is 5.82. The van der Waals surface area contributed by atoms with Crippen molar-refractivity contribution < 1.29 is 18.3 Å². The molecule has 20 heavy (non-hydrogen) atoms. The lowest BCUT2D eigenvalue weighted by molar-refractivity contribution is 0.0519.